The highest BCUT2D eigenvalue weighted by molar-refractivity contribution is 6.24. The van der Waals surface area contributed by atoms with Crippen LogP contribution in [0, 0.1) is 13.8 Å². The molecule has 0 aliphatic heterocycles. The summed E-state index contributed by atoms with van der Waals surface area (Å²) < 4.78 is 6.49. The van der Waals surface area contributed by atoms with Gasteiger partial charge in [-0.1, -0.05) is 69.3 Å². The Balaban J connectivity index is 2.05. The summed E-state index contributed by atoms with van der Waals surface area (Å²) in [4.78, 5) is 0. The van der Waals surface area contributed by atoms with Crippen molar-refractivity contribution < 1.29 is 4.42 Å². The van der Waals surface area contributed by atoms with Crippen LogP contribution in [0.25, 0.3) is 43.5 Å². The molecular formula is C26H24O. The molecule has 0 aliphatic carbocycles. The van der Waals surface area contributed by atoms with Gasteiger partial charge in [-0.2, -0.15) is 0 Å². The molecular weight excluding hydrogens is 328 g/mol. The van der Waals surface area contributed by atoms with Gasteiger partial charge in [0, 0.05) is 16.3 Å². The van der Waals surface area contributed by atoms with Crippen molar-refractivity contribution in [1.82, 2.24) is 0 Å². The molecule has 0 unspecified atom stereocenters. The Bertz CT molecular complexity index is 1360. The Hall–Kier alpha value is -2.80. The summed E-state index contributed by atoms with van der Waals surface area (Å²) in [6, 6.07) is 19.8. The van der Waals surface area contributed by atoms with E-state index in [-0.39, 0.29) is 5.41 Å². The number of hydrogen-bond donors (Lipinski definition) is 0. The van der Waals surface area contributed by atoms with Gasteiger partial charge in [-0.15, -0.1) is 0 Å². The fourth-order valence-corrected chi connectivity index (χ4v) is 4.82. The topological polar surface area (TPSA) is 13.1 Å². The maximum atomic E-state index is 6.49. The van der Waals surface area contributed by atoms with Crippen molar-refractivity contribution in [1.29, 1.82) is 0 Å². The second kappa shape index (κ2) is 5.36. The zero-order valence-corrected chi connectivity index (χ0v) is 16.6. The predicted octanol–water partition coefficient (Wildman–Crippen LogP) is 7.81. The first-order valence-corrected chi connectivity index (χ1v) is 9.63. The number of aryl methyl sites for hydroxylation is 2. The van der Waals surface area contributed by atoms with Crippen LogP contribution in [0.5, 0.6) is 0 Å². The molecule has 5 aromatic rings. The Kier molecular flexibility index (Phi) is 3.25. The van der Waals surface area contributed by atoms with Gasteiger partial charge in [-0.3, -0.25) is 0 Å². The lowest BCUT2D eigenvalue weighted by Gasteiger charge is -2.22. The molecule has 0 saturated carbocycles. The zero-order chi connectivity index (χ0) is 18.9. The number of benzene rings is 4. The standard InChI is InChI=1S/C26H24O/c1-15-14-16(2)24(26(3,4)5)25-22(15)23-20-11-10-17-8-6-7-9-18(17)19(20)12-13-21(23)27-25/h6-14H,1-5H3. The number of rotatable bonds is 0. The van der Waals surface area contributed by atoms with Crippen LogP contribution in [0.1, 0.15) is 37.5 Å². The van der Waals surface area contributed by atoms with Gasteiger partial charge in [0.2, 0.25) is 0 Å². The molecule has 0 radical (unpaired) electrons. The van der Waals surface area contributed by atoms with Gasteiger partial charge in [0.15, 0.2) is 0 Å². The summed E-state index contributed by atoms with van der Waals surface area (Å²) in [5.41, 5.74) is 5.97. The molecule has 1 heteroatoms. The summed E-state index contributed by atoms with van der Waals surface area (Å²) in [6.45, 7) is 11.2. The molecule has 0 fully saturated rings. The van der Waals surface area contributed by atoms with Gasteiger partial charge in [-0.05, 0) is 58.0 Å². The quantitative estimate of drug-likeness (QED) is 0.259. The molecule has 1 aromatic heterocycles. The molecule has 5 rings (SSSR count). The molecule has 0 atom stereocenters. The van der Waals surface area contributed by atoms with Crippen LogP contribution < -0.4 is 0 Å². The van der Waals surface area contributed by atoms with Crippen molar-refractivity contribution in [2.45, 2.75) is 40.0 Å². The minimum Gasteiger partial charge on any atom is -0.456 e. The number of hydrogen-bond acceptors (Lipinski definition) is 1. The molecule has 0 aliphatic rings. The molecule has 0 amide bonds. The summed E-state index contributed by atoms with van der Waals surface area (Å²) >= 11 is 0. The van der Waals surface area contributed by atoms with Crippen LogP contribution in [0.2, 0.25) is 0 Å². The Labute approximate surface area is 159 Å². The van der Waals surface area contributed by atoms with Gasteiger partial charge in [0.05, 0.1) is 0 Å². The van der Waals surface area contributed by atoms with Crippen LogP contribution in [0.4, 0.5) is 0 Å². The molecule has 4 aromatic carbocycles. The lowest BCUT2D eigenvalue weighted by molar-refractivity contribution is 0.569. The zero-order valence-electron chi connectivity index (χ0n) is 16.6. The third-order valence-electron chi connectivity index (χ3n) is 5.78. The summed E-state index contributed by atoms with van der Waals surface area (Å²) in [7, 11) is 0. The first kappa shape index (κ1) is 16.4. The van der Waals surface area contributed by atoms with Crippen molar-refractivity contribution in [2.24, 2.45) is 0 Å². The highest BCUT2D eigenvalue weighted by Crippen LogP contribution is 2.43. The van der Waals surface area contributed by atoms with Crippen LogP contribution in [0.15, 0.2) is 59.0 Å². The van der Waals surface area contributed by atoms with Gasteiger partial charge >= 0.3 is 0 Å². The Morgan fingerprint density at radius 1 is 0.704 bits per heavy atom. The van der Waals surface area contributed by atoms with Gasteiger partial charge in [-0.25, -0.2) is 0 Å². The summed E-state index contributed by atoms with van der Waals surface area (Å²) in [5.74, 6) is 0. The lowest BCUT2D eigenvalue weighted by atomic mass is 9.82. The van der Waals surface area contributed by atoms with Gasteiger partial charge < -0.3 is 4.42 Å². The van der Waals surface area contributed by atoms with Crippen molar-refractivity contribution in [2.75, 3.05) is 0 Å². The lowest BCUT2D eigenvalue weighted by Crippen LogP contribution is -2.13. The number of furan rings is 1. The Morgan fingerprint density at radius 3 is 2.22 bits per heavy atom. The third kappa shape index (κ3) is 2.24. The average molecular weight is 352 g/mol. The SMILES string of the molecule is Cc1cc(C)c2c(oc3ccc4c5ccccc5ccc4c32)c1C(C)(C)C. The molecule has 1 nitrogen and oxygen atoms in total. The van der Waals surface area contributed by atoms with Crippen molar-refractivity contribution >= 4 is 43.5 Å². The van der Waals surface area contributed by atoms with Crippen molar-refractivity contribution in [3.63, 3.8) is 0 Å². The molecule has 0 saturated heterocycles. The first-order valence-electron chi connectivity index (χ1n) is 9.63. The monoisotopic (exact) mass is 352 g/mol. The third-order valence-corrected chi connectivity index (χ3v) is 5.78. The van der Waals surface area contributed by atoms with E-state index in [1.165, 1.54) is 49.0 Å². The summed E-state index contributed by atoms with van der Waals surface area (Å²) in [5, 5.41) is 7.65. The second-order valence-electron chi connectivity index (χ2n) is 8.76. The molecule has 0 bridgehead atoms. The molecule has 134 valence electrons. The minimum atomic E-state index is 0.0341. The van der Waals surface area contributed by atoms with E-state index >= 15 is 0 Å². The molecule has 1 heterocycles. The second-order valence-corrected chi connectivity index (χ2v) is 8.76. The Morgan fingerprint density at radius 2 is 1.44 bits per heavy atom. The maximum Gasteiger partial charge on any atom is 0.139 e. The van der Waals surface area contributed by atoms with E-state index < -0.39 is 0 Å². The fourth-order valence-electron chi connectivity index (χ4n) is 4.82. The van der Waals surface area contributed by atoms with Gasteiger partial charge in [0.25, 0.3) is 0 Å². The van der Waals surface area contributed by atoms with E-state index in [0.717, 1.165) is 11.2 Å². The predicted molar refractivity (Wildman–Crippen MR) is 117 cm³/mol. The normalized spacial score (nSPS) is 12.6. The highest BCUT2D eigenvalue weighted by atomic mass is 16.3. The molecule has 0 N–H and O–H groups in total. The van der Waals surface area contributed by atoms with Crippen molar-refractivity contribution in [3.05, 3.63) is 71.3 Å². The number of fused-ring (bicyclic) bond motifs is 7. The van der Waals surface area contributed by atoms with E-state index in [1.54, 1.807) is 0 Å². The van der Waals surface area contributed by atoms with Crippen molar-refractivity contribution in [3.8, 4) is 0 Å². The van der Waals surface area contributed by atoms with E-state index in [4.69, 9.17) is 4.42 Å². The maximum absolute atomic E-state index is 6.49. The van der Waals surface area contributed by atoms with Crippen LogP contribution in [-0.2, 0) is 5.41 Å². The van der Waals surface area contributed by atoms with E-state index in [9.17, 15) is 0 Å². The fraction of sp³-hybridized carbons (Fsp3) is 0.231. The minimum absolute atomic E-state index is 0.0341. The van der Waals surface area contributed by atoms with E-state index in [1.807, 2.05) is 0 Å². The smallest absolute Gasteiger partial charge is 0.139 e. The summed E-state index contributed by atoms with van der Waals surface area (Å²) in [6.07, 6.45) is 0. The van der Waals surface area contributed by atoms with Crippen LogP contribution >= 0.6 is 0 Å². The highest BCUT2D eigenvalue weighted by Gasteiger charge is 2.25. The molecule has 0 spiro atoms. The first-order chi connectivity index (χ1) is 12.9. The van der Waals surface area contributed by atoms with Gasteiger partial charge in [0.1, 0.15) is 11.2 Å². The molecule has 27 heavy (non-hydrogen) atoms. The largest absolute Gasteiger partial charge is 0.456 e. The van der Waals surface area contributed by atoms with Crippen LogP contribution in [0.3, 0.4) is 0 Å². The average Bonchev–Trinajstić information content (AvgIpc) is 2.99. The van der Waals surface area contributed by atoms with E-state index in [2.05, 4.69) is 89.2 Å². The van der Waals surface area contributed by atoms with E-state index in [0.29, 0.717) is 0 Å². The van der Waals surface area contributed by atoms with Crippen LogP contribution in [-0.4, -0.2) is 0 Å².